The number of carboxylic acids is 1. The number of carboxylic acid groups (broad SMARTS) is 1. The zero-order valence-corrected chi connectivity index (χ0v) is 12.8. The van der Waals surface area contributed by atoms with Gasteiger partial charge < -0.3 is 10.8 Å². The molecule has 0 aliphatic carbocycles. The number of nitriles is 1. The molecule has 0 fully saturated rings. The van der Waals surface area contributed by atoms with Gasteiger partial charge >= 0.3 is 5.97 Å². The van der Waals surface area contributed by atoms with E-state index in [0.29, 0.717) is 21.7 Å². The van der Waals surface area contributed by atoms with E-state index in [1.54, 1.807) is 18.2 Å². The number of hydrogen-bond donors (Lipinski definition) is 2. The molecule has 0 radical (unpaired) electrons. The lowest BCUT2D eigenvalue weighted by molar-refractivity contribution is -0.137. The fraction of sp³-hybridized carbons (Fsp3) is 0.176. The van der Waals surface area contributed by atoms with Gasteiger partial charge in [-0.05, 0) is 42.4 Å². The summed E-state index contributed by atoms with van der Waals surface area (Å²) in [6.07, 6.45) is -0.127. The van der Waals surface area contributed by atoms with E-state index in [2.05, 4.69) is 0 Å². The van der Waals surface area contributed by atoms with Crippen LogP contribution in [0.3, 0.4) is 0 Å². The molecule has 0 spiro atoms. The summed E-state index contributed by atoms with van der Waals surface area (Å²) in [5.74, 6) is -1.87. The van der Waals surface area contributed by atoms with Crippen LogP contribution in [0.2, 0.25) is 5.02 Å². The van der Waals surface area contributed by atoms with Crippen molar-refractivity contribution in [3.05, 3.63) is 58.4 Å². The molecule has 2 aromatic carbocycles. The molecule has 1 atom stereocenters. The van der Waals surface area contributed by atoms with E-state index in [4.69, 9.17) is 27.7 Å². The first-order valence-electron chi connectivity index (χ1n) is 6.87. The average Bonchev–Trinajstić information content (AvgIpc) is 2.54. The maximum Gasteiger partial charge on any atom is 0.304 e. The second-order valence-electron chi connectivity index (χ2n) is 5.08. The minimum absolute atomic E-state index is 0.127. The molecule has 6 heteroatoms. The highest BCUT2D eigenvalue weighted by molar-refractivity contribution is 6.33. The van der Waals surface area contributed by atoms with E-state index in [0.717, 1.165) is 0 Å². The Morgan fingerprint density at radius 2 is 2.04 bits per heavy atom. The Kier molecular flexibility index (Phi) is 5.32. The minimum atomic E-state index is -0.963. The lowest BCUT2D eigenvalue weighted by Gasteiger charge is -2.15. The Balaban J connectivity index is 2.54. The van der Waals surface area contributed by atoms with Crippen molar-refractivity contribution in [2.24, 2.45) is 5.73 Å². The summed E-state index contributed by atoms with van der Waals surface area (Å²) < 4.78 is 14.1. The first-order valence-corrected chi connectivity index (χ1v) is 7.25. The van der Waals surface area contributed by atoms with E-state index in [9.17, 15) is 9.18 Å². The maximum atomic E-state index is 14.1. The van der Waals surface area contributed by atoms with Gasteiger partial charge in [-0.15, -0.1) is 0 Å². The minimum Gasteiger partial charge on any atom is -0.481 e. The van der Waals surface area contributed by atoms with E-state index < -0.39 is 17.7 Å². The molecule has 0 bridgehead atoms. The predicted octanol–water partition coefficient (Wildman–Crippen LogP) is 3.53. The summed E-state index contributed by atoms with van der Waals surface area (Å²) >= 11 is 6.15. The normalized spacial score (nSPS) is 11.7. The Bertz CT molecular complexity index is 787. The quantitative estimate of drug-likeness (QED) is 0.876. The molecule has 0 heterocycles. The van der Waals surface area contributed by atoms with Crippen LogP contribution < -0.4 is 5.73 Å². The van der Waals surface area contributed by atoms with Gasteiger partial charge in [0.1, 0.15) is 5.82 Å². The van der Waals surface area contributed by atoms with Crippen molar-refractivity contribution in [1.82, 2.24) is 0 Å². The van der Waals surface area contributed by atoms with E-state index in [1.807, 2.05) is 6.07 Å². The molecule has 4 nitrogen and oxygen atoms in total. The van der Waals surface area contributed by atoms with Gasteiger partial charge in [0.15, 0.2) is 0 Å². The van der Waals surface area contributed by atoms with Gasteiger partial charge in [0.2, 0.25) is 0 Å². The number of nitrogens with two attached hydrogens (primary N) is 1. The van der Waals surface area contributed by atoms with Crippen LogP contribution in [0.4, 0.5) is 4.39 Å². The summed E-state index contributed by atoms with van der Waals surface area (Å²) in [7, 11) is 0. The zero-order chi connectivity index (χ0) is 17.0. The third kappa shape index (κ3) is 3.86. The Labute approximate surface area is 137 Å². The highest BCUT2D eigenvalue weighted by Crippen LogP contribution is 2.33. The van der Waals surface area contributed by atoms with Gasteiger partial charge in [-0.3, -0.25) is 4.79 Å². The molecule has 0 unspecified atom stereocenters. The van der Waals surface area contributed by atoms with Crippen molar-refractivity contribution in [2.75, 3.05) is 6.54 Å². The van der Waals surface area contributed by atoms with Crippen LogP contribution in [0.15, 0.2) is 36.4 Å². The number of hydrogen-bond acceptors (Lipinski definition) is 3. The molecule has 2 rings (SSSR count). The number of benzene rings is 2. The number of aliphatic carboxylic acids is 1. The summed E-state index contributed by atoms with van der Waals surface area (Å²) in [5, 5.41) is 18.2. The lowest BCUT2D eigenvalue weighted by Crippen LogP contribution is -2.16. The number of carbonyl (C=O) groups is 1. The SMILES string of the molecule is N#Cc1ccc(F)c(-c2cc([C@H](CN)CC(=O)O)ccc2Cl)c1. The molecular formula is C17H14ClFN2O2. The second-order valence-corrected chi connectivity index (χ2v) is 5.48. The first-order chi connectivity index (χ1) is 11.0. The van der Waals surface area contributed by atoms with Gasteiger partial charge in [-0.1, -0.05) is 17.7 Å². The van der Waals surface area contributed by atoms with Crippen LogP contribution in [0, 0.1) is 17.1 Å². The molecule has 2 aromatic rings. The molecule has 0 aliphatic heterocycles. The summed E-state index contributed by atoms with van der Waals surface area (Å²) in [4.78, 5) is 10.9. The van der Waals surface area contributed by atoms with Crippen molar-refractivity contribution < 1.29 is 14.3 Å². The lowest BCUT2D eigenvalue weighted by atomic mass is 9.92. The van der Waals surface area contributed by atoms with E-state index in [-0.39, 0.29) is 18.5 Å². The molecule has 0 saturated carbocycles. The molecule has 23 heavy (non-hydrogen) atoms. The molecular weight excluding hydrogens is 319 g/mol. The van der Waals surface area contributed by atoms with Gasteiger partial charge in [0.25, 0.3) is 0 Å². The molecule has 3 N–H and O–H groups in total. The van der Waals surface area contributed by atoms with Crippen LogP contribution in [0.1, 0.15) is 23.5 Å². The van der Waals surface area contributed by atoms with E-state index >= 15 is 0 Å². The van der Waals surface area contributed by atoms with Crippen LogP contribution in [0.5, 0.6) is 0 Å². The van der Waals surface area contributed by atoms with Crippen molar-refractivity contribution in [1.29, 1.82) is 5.26 Å². The standard InChI is InChI=1S/C17H14ClFN2O2/c18-15-3-2-11(12(9-21)7-17(22)23)6-13(15)14-5-10(8-20)1-4-16(14)19/h1-6,12H,7,9,21H2,(H,22,23)/t12-/m0/s1. The molecule has 0 aromatic heterocycles. The molecule has 118 valence electrons. The average molecular weight is 333 g/mol. The van der Waals surface area contributed by atoms with E-state index in [1.165, 1.54) is 18.2 Å². The fourth-order valence-corrected chi connectivity index (χ4v) is 2.57. The second kappa shape index (κ2) is 7.23. The monoisotopic (exact) mass is 332 g/mol. The van der Waals surface area contributed by atoms with Gasteiger partial charge in [-0.25, -0.2) is 4.39 Å². The largest absolute Gasteiger partial charge is 0.481 e. The molecule has 0 amide bonds. The predicted molar refractivity (Wildman–Crippen MR) is 85.6 cm³/mol. The van der Waals surface area contributed by atoms with Crippen molar-refractivity contribution in [2.45, 2.75) is 12.3 Å². The summed E-state index contributed by atoms with van der Waals surface area (Å²) in [5.41, 5.74) is 7.22. The Hall–Kier alpha value is -2.42. The van der Waals surface area contributed by atoms with Gasteiger partial charge in [-0.2, -0.15) is 5.26 Å². The number of rotatable bonds is 5. The van der Waals surface area contributed by atoms with Crippen LogP contribution in [0.25, 0.3) is 11.1 Å². The summed E-state index contributed by atoms with van der Waals surface area (Å²) in [6, 6.07) is 10.8. The third-order valence-corrected chi connectivity index (χ3v) is 3.88. The smallest absolute Gasteiger partial charge is 0.304 e. The van der Waals surface area contributed by atoms with Crippen LogP contribution in [-0.4, -0.2) is 17.6 Å². The number of halogens is 2. The topological polar surface area (TPSA) is 87.1 Å². The molecule has 0 aliphatic rings. The number of nitrogens with zero attached hydrogens (tertiary/aromatic N) is 1. The highest BCUT2D eigenvalue weighted by Gasteiger charge is 2.17. The Morgan fingerprint density at radius 3 is 2.65 bits per heavy atom. The zero-order valence-electron chi connectivity index (χ0n) is 12.1. The van der Waals surface area contributed by atoms with Gasteiger partial charge in [0.05, 0.1) is 18.1 Å². The fourth-order valence-electron chi connectivity index (χ4n) is 2.35. The highest BCUT2D eigenvalue weighted by atomic mass is 35.5. The maximum absolute atomic E-state index is 14.1. The first kappa shape index (κ1) is 16.9. The Morgan fingerprint density at radius 1 is 1.30 bits per heavy atom. The summed E-state index contributed by atoms with van der Waals surface area (Å²) in [6.45, 7) is 0.147. The van der Waals surface area contributed by atoms with Crippen LogP contribution >= 0.6 is 11.6 Å². The van der Waals surface area contributed by atoms with Crippen molar-refractivity contribution >= 4 is 17.6 Å². The van der Waals surface area contributed by atoms with Crippen molar-refractivity contribution in [3.63, 3.8) is 0 Å². The van der Waals surface area contributed by atoms with Crippen molar-refractivity contribution in [3.8, 4) is 17.2 Å². The third-order valence-electron chi connectivity index (χ3n) is 3.55. The molecule has 0 saturated heterocycles. The van der Waals surface area contributed by atoms with Crippen LogP contribution in [-0.2, 0) is 4.79 Å². The van der Waals surface area contributed by atoms with Gasteiger partial charge in [0, 0.05) is 22.1 Å².